The minimum absolute atomic E-state index is 0. The highest BCUT2D eigenvalue weighted by atomic mass is 35.5. The topological polar surface area (TPSA) is 41.1 Å². The largest absolute Gasteiger partial charge is 0.353 e. The lowest BCUT2D eigenvalue weighted by Gasteiger charge is -2.29. The summed E-state index contributed by atoms with van der Waals surface area (Å²) in [5.74, 6) is 1.87. The van der Waals surface area contributed by atoms with Gasteiger partial charge in [-0.3, -0.25) is 4.79 Å². The van der Waals surface area contributed by atoms with E-state index in [4.69, 9.17) is 0 Å². The Labute approximate surface area is 152 Å². The number of carbonyl (C=O) groups is 1. The van der Waals surface area contributed by atoms with E-state index in [1.54, 1.807) is 0 Å². The number of benzene rings is 1. The van der Waals surface area contributed by atoms with Gasteiger partial charge in [-0.25, -0.2) is 0 Å². The fourth-order valence-electron chi connectivity index (χ4n) is 4.32. The molecule has 1 aromatic carbocycles. The quantitative estimate of drug-likeness (QED) is 0.845. The first-order valence-electron chi connectivity index (χ1n) is 9.29. The van der Waals surface area contributed by atoms with Crippen molar-refractivity contribution in [2.45, 2.75) is 57.4 Å². The van der Waals surface area contributed by atoms with Gasteiger partial charge in [0, 0.05) is 18.4 Å². The van der Waals surface area contributed by atoms with Gasteiger partial charge in [0.25, 0.3) is 0 Å². The second-order valence-corrected chi connectivity index (χ2v) is 7.41. The highest BCUT2D eigenvalue weighted by Gasteiger charge is 2.30. The van der Waals surface area contributed by atoms with Gasteiger partial charge in [-0.2, -0.15) is 0 Å². The van der Waals surface area contributed by atoms with Crippen molar-refractivity contribution in [1.82, 2.24) is 10.6 Å². The van der Waals surface area contributed by atoms with Crippen LogP contribution in [0.5, 0.6) is 0 Å². The molecule has 1 amide bonds. The molecule has 3 rings (SSSR count). The van der Waals surface area contributed by atoms with Crippen molar-refractivity contribution < 1.29 is 4.79 Å². The third kappa shape index (κ3) is 4.97. The van der Waals surface area contributed by atoms with E-state index >= 15 is 0 Å². The van der Waals surface area contributed by atoms with Crippen LogP contribution in [0.1, 0.15) is 56.9 Å². The van der Waals surface area contributed by atoms with E-state index in [1.807, 2.05) is 0 Å². The van der Waals surface area contributed by atoms with Crippen molar-refractivity contribution in [2.24, 2.45) is 11.8 Å². The molecule has 4 unspecified atom stereocenters. The number of rotatable bonds is 5. The fourth-order valence-corrected chi connectivity index (χ4v) is 4.32. The smallest absolute Gasteiger partial charge is 0.220 e. The molecular weight excluding hydrogens is 320 g/mol. The number of carbonyl (C=O) groups excluding carboxylic acids is 1. The number of piperidine rings is 1. The average molecular weight is 351 g/mol. The molecule has 0 bridgehead atoms. The van der Waals surface area contributed by atoms with Crippen LogP contribution >= 0.6 is 12.4 Å². The Morgan fingerprint density at radius 1 is 1.21 bits per heavy atom. The fraction of sp³-hybridized carbons (Fsp3) is 0.650. The maximum Gasteiger partial charge on any atom is 0.220 e. The summed E-state index contributed by atoms with van der Waals surface area (Å²) >= 11 is 0. The molecule has 0 aromatic heterocycles. The van der Waals surface area contributed by atoms with E-state index in [9.17, 15) is 4.79 Å². The average Bonchev–Trinajstić information content (AvgIpc) is 3.04. The normalized spacial score (nSPS) is 28.0. The van der Waals surface area contributed by atoms with Gasteiger partial charge < -0.3 is 10.6 Å². The van der Waals surface area contributed by atoms with E-state index in [0.29, 0.717) is 30.2 Å². The molecule has 1 saturated heterocycles. The predicted molar refractivity (Wildman–Crippen MR) is 102 cm³/mol. The number of nitrogens with one attached hydrogen (secondary N) is 2. The van der Waals surface area contributed by atoms with E-state index in [1.165, 1.54) is 31.2 Å². The van der Waals surface area contributed by atoms with Crippen molar-refractivity contribution in [3.63, 3.8) is 0 Å². The van der Waals surface area contributed by atoms with Gasteiger partial charge in [0.1, 0.15) is 0 Å². The second-order valence-electron chi connectivity index (χ2n) is 7.41. The van der Waals surface area contributed by atoms with Gasteiger partial charge in [0.15, 0.2) is 0 Å². The van der Waals surface area contributed by atoms with E-state index in [2.05, 4.69) is 47.9 Å². The van der Waals surface area contributed by atoms with Crippen LogP contribution < -0.4 is 10.6 Å². The number of hydrogen-bond acceptors (Lipinski definition) is 2. The van der Waals surface area contributed by atoms with Crippen molar-refractivity contribution in [2.75, 3.05) is 13.1 Å². The minimum atomic E-state index is 0. The summed E-state index contributed by atoms with van der Waals surface area (Å²) in [6, 6.07) is 11.0. The molecule has 134 valence electrons. The minimum Gasteiger partial charge on any atom is -0.353 e. The molecule has 4 heteroatoms. The summed E-state index contributed by atoms with van der Waals surface area (Å²) in [6.45, 7) is 4.45. The Balaban J connectivity index is 0.00000208. The van der Waals surface area contributed by atoms with Crippen LogP contribution in [0.4, 0.5) is 0 Å². The monoisotopic (exact) mass is 350 g/mol. The SMILES string of the molecule is CC(CC(=O)NC1CCCC1c1ccccc1)C1CCCNC1.Cl. The summed E-state index contributed by atoms with van der Waals surface area (Å²) in [6.07, 6.45) is 6.70. The van der Waals surface area contributed by atoms with Gasteiger partial charge in [-0.05, 0) is 56.2 Å². The molecule has 2 aliphatic rings. The lowest BCUT2D eigenvalue weighted by molar-refractivity contribution is -0.123. The Kier molecular flexibility index (Phi) is 7.57. The zero-order chi connectivity index (χ0) is 16.1. The molecule has 0 spiro atoms. The molecule has 2 fully saturated rings. The van der Waals surface area contributed by atoms with Crippen molar-refractivity contribution in [3.8, 4) is 0 Å². The summed E-state index contributed by atoms with van der Waals surface area (Å²) in [5, 5.41) is 6.80. The van der Waals surface area contributed by atoms with Crippen LogP contribution in [0.3, 0.4) is 0 Å². The Bertz CT molecular complexity index is 502. The molecule has 1 heterocycles. The molecule has 4 atom stereocenters. The highest BCUT2D eigenvalue weighted by Crippen LogP contribution is 2.34. The van der Waals surface area contributed by atoms with Gasteiger partial charge in [-0.1, -0.05) is 43.7 Å². The summed E-state index contributed by atoms with van der Waals surface area (Å²) in [5.41, 5.74) is 1.37. The second kappa shape index (κ2) is 9.43. The Morgan fingerprint density at radius 3 is 2.71 bits per heavy atom. The standard InChI is InChI=1S/C20H30N2O.ClH/c1-15(17-9-6-12-21-14-17)13-20(23)22-19-11-5-10-18(19)16-7-3-2-4-8-16;/h2-4,7-8,15,17-19,21H,5-6,9-14H2,1H3,(H,22,23);1H. The third-order valence-corrected chi connectivity index (χ3v) is 5.74. The molecule has 2 N–H and O–H groups in total. The molecule has 1 aromatic rings. The molecule has 1 aliphatic heterocycles. The Hall–Kier alpha value is -1.06. The van der Waals surface area contributed by atoms with Crippen LogP contribution in [0, 0.1) is 11.8 Å². The molecule has 24 heavy (non-hydrogen) atoms. The molecule has 0 radical (unpaired) electrons. The summed E-state index contributed by atoms with van der Waals surface area (Å²) in [4.78, 5) is 12.5. The number of amides is 1. The van der Waals surface area contributed by atoms with E-state index in [0.717, 1.165) is 19.5 Å². The van der Waals surface area contributed by atoms with Crippen LogP contribution in [-0.4, -0.2) is 25.0 Å². The van der Waals surface area contributed by atoms with Gasteiger partial charge in [0.2, 0.25) is 5.91 Å². The summed E-state index contributed by atoms with van der Waals surface area (Å²) < 4.78 is 0. The maximum absolute atomic E-state index is 12.5. The number of halogens is 1. The van der Waals surface area contributed by atoms with Gasteiger partial charge in [0.05, 0.1) is 0 Å². The molecular formula is C20H31ClN2O. The van der Waals surface area contributed by atoms with Gasteiger partial charge >= 0.3 is 0 Å². The Morgan fingerprint density at radius 2 is 2.00 bits per heavy atom. The first kappa shape index (κ1) is 19.3. The van der Waals surface area contributed by atoms with Crippen molar-refractivity contribution >= 4 is 18.3 Å². The van der Waals surface area contributed by atoms with Crippen molar-refractivity contribution in [1.29, 1.82) is 0 Å². The predicted octanol–water partition coefficient (Wildman–Crippen LogP) is 3.89. The van der Waals surface area contributed by atoms with E-state index in [-0.39, 0.29) is 18.3 Å². The first-order valence-corrected chi connectivity index (χ1v) is 9.29. The molecule has 3 nitrogen and oxygen atoms in total. The zero-order valence-electron chi connectivity index (χ0n) is 14.7. The highest BCUT2D eigenvalue weighted by molar-refractivity contribution is 5.85. The molecule has 1 saturated carbocycles. The lowest BCUT2D eigenvalue weighted by atomic mass is 9.85. The van der Waals surface area contributed by atoms with Gasteiger partial charge in [-0.15, -0.1) is 12.4 Å². The zero-order valence-corrected chi connectivity index (χ0v) is 15.5. The lowest BCUT2D eigenvalue weighted by Crippen LogP contribution is -2.39. The van der Waals surface area contributed by atoms with Crippen LogP contribution in [0.25, 0.3) is 0 Å². The summed E-state index contributed by atoms with van der Waals surface area (Å²) in [7, 11) is 0. The third-order valence-electron chi connectivity index (χ3n) is 5.74. The van der Waals surface area contributed by atoms with Crippen LogP contribution in [-0.2, 0) is 4.79 Å². The van der Waals surface area contributed by atoms with E-state index < -0.39 is 0 Å². The van der Waals surface area contributed by atoms with Crippen LogP contribution in [0.15, 0.2) is 30.3 Å². The maximum atomic E-state index is 12.5. The van der Waals surface area contributed by atoms with Crippen LogP contribution in [0.2, 0.25) is 0 Å². The number of hydrogen-bond donors (Lipinski definition) is 2. The first-order chi connectivity index (χ1) is 11.2. The molecule has 1 aliphatic carbocycles. The van der Waals surface area contributed by atoms with Crippen molar-refractivity contribution in [3.05, 3.63) is 35.9 Å².